The molecule has 0 spiro atoms. The summed E-state index contributed by atoms with van der Waals surface area (Å²) in [5.41, 5.74) is 0.499. The number of fused-ring (bicyclic) bond motifs is 1. The third-order valence-corrected chi connectivity index (χ3v) is 5.91. The average Bonchev–Trinajstić information content (AvgIpc) is 3.08. The zero-order valence-electron chi connectivity index (χ0n) is 18.6. The van der Waals surface area contributed by atoms with Crippen LogP contribution in [0.4, 0.5) is 5.13 Å². The molecular weight excluding hydrogens is 459 g/mol. The van der Waals surface area contributed by atoms with Gasteiger partial charge in [-0.3, -0.25) is 9.59 Å². The first-order chi connectivity index (χ1) is 13.7. The van der Waals surface area contributed by atoms with Gasteiger partial charge in [-0.25, -0.2) is 4.98 Å². The summed E-state index contributed by atoms with van der Waals surface area (Å²) in [6, 6.07) is 1.54. The van der Waals surface area contributed by atoms with E-state index in [1.165, 1.54) is 15.9 Å². The fraction of sp³-hybridized carbons (Fsp3) is 0.700. The van der Waals surface area contributed by atoms with Crippen molar-refractivity contribution in [1.29, 1.82) is 0 Å². The molecule has 3 rings (SSSR count). The van der Waals surface area contributed by atoms with Gasteiger partial charge in [0.1, 0.15) is 0 Å². The lowest BCUT2D eigenvalue weighted by Crippen LogP contribution is -2.47. The molecule has 0 bridgehead atoms. The van der Waals surface area contributed by atoms with Crippen LogP contribution in [0.2, 0.25) is 0 Å². The molecule has 1 aliphatic rings. The summed E-state index contributed by atoms with van der Waals surface area (Å²) in [7, 11) is 0. The van der Waals surface area contributed by atoms with E-state index in [1.54, 1.807) is 6.07 Å². The normalized spacial score (nSPS) is 15.2. The average molecular weight is 494 g/mol. The lowest BCUT2D eigenvalue weighted by atomic mass is 9.94. The molecule has 0 radical (unpaired) electrons. The zero-order valence-corrected chi connectivity index (χ0v) is 21.1. The highest BCUT2D eigenvalue weighted by molar-refractivity contribution is 7.20. The van der Waals surface area contributed by atoms with Gasteiger partial charge in [-0.15, -0.1) is 29.9 Å². The number of carbonyl (C=O) groups excluding carboxylic acids is 1. The lowest BCUT2D eigenvalue weighted by molar-refractivity contribution is -0.127. The van der Waals surface area contributed by atoms with Gasteiger partial charge < -0.3 is 15.5 Å². The molecule has 2 N–H and O–H groups in total. The summed E-state index contributed by atoms with van der Waals surface area (Å²) in [5.74, 6) is 0.315. The molecule has 1 fully saturated rings. The Morgan fingerprint density at radius 1 is 1.26 bits per heavy atom. The summed E-state index contributed by atoms with van der Waals surface area (Å²) in [6.45, 7) is 11.8. The molecule has 2 aromatic heterocycles. The largest absolute Gasteiger partial charge is 0.360 e. The summed E-state index contributed by atoms with van der Waals surface area (Å²) in [6.07, 6.45) is 3.56. The highest BCUT2D eigenvalue weighted by Gasteiger charge is 2.27. The number of piperidine rings is 1. The molecular formula is C20H34Cl2N6O2S. The minimum absolute atomic E-state index is 0. The van der Waals surface area contributed by atoms with Crippen LogP contribution in [-0.2, 0) is 11.2 Å². The fourth-order valence-corrected chi connectivity index (χ4v) is 4.35. The van der Waals surface area contributed by atoms with Gasteiger partial charge in [-0.2, -0.15) is 4.52 Å². The fourth-order valence-electron chi connectivity index (χ4n) is 3.50. The molecule has 0 aliphatic carbocycles. The number of anilines is 1. The number of halogens is 2. The van der Waals surface area contributed by atoms with Crippen LogP contribution in [0.5, 0.6) is 0 Å². The summed E-state index contributed by atoms with van der Waals surface area (Å²) < 4.78 is 1.36. The van der Waals surface area contributed by atoms with Crippen LogP contribution >= 0.6 is 36.2 Å². The number of amides is 1. The van der Waals surface area contributed by atoms with E-state index in [-0.39, 0.29) is 47.7 Å². The Morgan fingerprint density at radius 3 is 2.55 bits per heavy atom. The van der Waals surface area contributed by atoms with Crippen molar-refractivity contribution in [2.75, 3.05) is 31.5 Å². The van der Waals surface area contributed by atoms with E-state index in [0.717, 1.165) is 62.7 Å². The van der Waals surface area contributed by atoms with Crippen molar-refractivity contribution in [3.05, 3.63) is 22.1 Å². The van der Waals surface area contributed by atoms with Crippen LogP contribution in [0.3, 0.4) is 0 Å². The number of rotatable bonds is 7. The number of aromatic nitrogens is 3. The maximum Gasteiger partial charge on any atom is 0.275 e. The van der Waals surface area contributed by atoms with Crippen LogP contribution in [0, 0.1) is 5.92 Å². The van der Waals surface area contributed by atoms with Crippen molar-refractivity contribution in [1.82, 2.24) is 24.8 Å². The number of hydrogen-bond acceptors (Lipinski definition) is 7. The van der Waals surface area contributed by atoms with Crippen molar-refractivity contribution in [2.24, 2.45) is 5.92 Å². The van der Waals surface area contributed by atoms with Gasteiger partial charge in [-0.05, 0) is 66.1 Å². The van der Waals surface area contributed by atoms with Gasteiger partial charge in [0.25, 0.3) is 5.56 Å². The number of carbonyl (C=O) groups is 1. The SMILES string of the molecule is CCc1cc(=O)n2nc(NCCCN3CCC(C(=O)NC(C)(C)C)CC3)sc2n1.Cl.Cl. The molecule has 2 aromatic rings. The topological polar surface area (TPSA) is 91.6 Å². The minimum atomic E-state index is -0.167. The summed E-state index contributed by atoms with van der Waals surface area (Å²) >= 11 is 1.41. The lowest BCUT2D eigenvalue weighted by Gasteiger charge is -2.33. The maximum absolute atomic E-state index is 12.3. The highest BCUT2D eigenvalue weighted by Crippen LogP contribution is 2.19. The van der Waals surface area contributed by atoms with Crippen LogP contribution < -0.4 is 16.2 Å². The number of hydrogen-bond donors (Lipinski definition) is 2. The first kappa shape index (κ1) is 27.6. The Balaban J connectivity index is 0.00000240. The van der Waals surface area contributed by atoms with Gasteiger partial charge in [-0.1, -0.05) is 18.3 Å². The number of likely N-dealkylation sites (tertiary alicyclic amines) is 1. The zero-order chi connectivity index (χ0) is 21.0. The second-order valence-electron chi connectivity index (χ2n) is 8.68. The van der Waals surface area contributed by atoms with Crippen molar-refractivity contribution >= 4 is 52.2 Å². The first-order valence-corrected chi connectivity index (χ1v) is 11.2. The Kier molecular flexibility index (Phi) is 10.7. The third-order valence-electron chi connectivity index (χ3n) is 5.04. The monoisotopic (exact) mass is 492 g/mol. The Morgan fingerprint density at radius 2 is 1.94 bits per heavy atom. The van der Waals surface area contributed by atoms with Crippen LogP contribution in [-0.4, -0.2) is 57.1 Å². The van der Waals surface area contributed by atoms with E-state index in [9.17, 15) is 9.59 Å². The molecule has 1 saturated heterocycles. The Labute approximate surface area is 200 Å². The first-order valence-electron chi connectivity index (χ1n) is 10.4. The standard InChI is InChI=1S/C20H32N6O2S.2ClH/c1-5-15-13-16(27)26-19(22-15)29-18(24-26)21-9-6-10-25-11-7-14(8-12-25)17(28)23-20(2,3)4;;/h13-14H,5-12H2,1-4H3,(H,21,24)(H,23,28);2*1H. The van der Waals surface area contributed by atoms with Gasteiger partial charge in [0.2, 0.25) is 16.0 Å². The molecule has 176 valence electrons. The van der Waals surface area contributed by atoms with E-state index < -0.39 is 0 Å². The molecule has 31 heavy (non-hydrogen) atoms. The van der Waals surface area contributed by atoms with Crippen molar-refractivity contribution in [2.45, 2.75) is 58.9 Å². The number of nitrogens with one attached hydrogen (secondary N) is 2. The molecule has 11 heteroatoms. The van der Waals surface area contributed by atoms with E-state index in [0.29, 0.717) is 4.96 Å². The molecule has 3 heterocycles. The molecule has 0 saturated carbocycles. The molecule has 0 unspecified atom stereocenters. The van der Waals surface area contributed by atoms with Gasteiger partial charge in [0, 0.05) is 29.8 Å². The summed E-state index contributed by atoms with van der Waals surface area (Å²) in [4.78, 5) is 31.9. The van der Waals surface area contributed by atoms with Crippen LogP contribution in [0.25, 0.3) is 4.96 Å². The molecule has 0 atom stereocenters. The van der Waals surface area contributed by atoms with Crippen molar-refractivity contribution in [3.8, 4) is 0 Å². The second-order valence-corrected chi connectivity index (χ2v) is 9.63. The van der Waals surface area contributed by atoms with Gasteiger partial charge >= 0.3 is 0 Å². The highest BCUT2D eigenvalue weighted by atomic mass is 35.5. The predicted octanol–water partition coefficient (Wildman–Crippen LogP) is 2.99. The van der Waals surface area contributed by atoms with Crippen LogP contribution in [0.1, 0.15) is 52.7 Å². The maximum atomic E-state index is 12.3. The van der Waals surface area contributed by atoms with Gasteiger partial charge in [0.05, 0.1) is 0 Å². The molecule has 0 aromatic carbocycles. The number of nitrogens with zero attached hydrogens (tertiary/aromatic N) is 4. The predicted molar refractivity (Wildman–Crippen MR) is 131 cm³/mol. The quantitative estimate of drug-likeness (QED) is 0.577. The number of aryl methyl sites for hydroxylation is 1. The molecule has 1 aliphatic heterocycles. The van der Waals surface area contributed by atoms with Crippen molar-refractivity contribution in [3.63, 3.8) is 0 Å². The smallest absolute Gasteiger partial charge is 0.275 e. The van der Waals surface area contributed by atoms with Crippen LogP contribution in [0.15, 0.2) is 10.9 Å². The Bertz CT molecular complexity index is 903. The van der Waals surface area contributed by atoms with E-state index >= 15 is 0 Å². The summed E-state index contributed by atoms with van der Waals surface area (Å²) in [5, 5.41) is 11.4. The van der Waals surface area contributed by atoms with E-state index in [4.69, 9.17) is 0 Å². The molecule has 8 nitrogen and oxygen atoms in total. The van der Waals surface area contributed by atoms with Crippen molar-refractivity contribution < 1.29 is 4.79 Å². The van der Waals surface area contributed by atoms with E-state index in [1.807, 2.05) is 27.7 Å². The van der Waals surface area contributed by atoms with Gasteiger partial charge in [0.15, 0.2) is 0 Å². The Hall–Kier alpha value is -1.42. The van der Waals surface area contributed by atoms with E-state index in [2.05, 4.69) is 25.6 Å². The molecule has 1 amide bonds. The third kappa shape index (κ3) is 7.89. The second kappa shape index (κ2) is 12.0. The minimum Gasteiger partial charge on any atom is -0.360 e.